The van der Waals surface area contributed by atoms with Gasteiger partial charge in [-0.1, -0.05) is 6.92 Å². The van der Waals surface area contributed by atoms with E-state index >= 15 is 0 Å². The van der Waals surface area contributed by atoms with Crippen LogP contribution in [0.4, 0.5) is 0 Å². The highest BCUT2D eigenvalue weighted by molar-refractivity contribution is 5.81. The third-order valence-corrected chi connectivity index (χ3v) is 4.10. The van der Waals surface area contributed by atoms with Crippen LogP contribution in [0.3, 0.4) is 0 Å². The Morgan fingerprint density at radius 2 is 2.12 bits per heavy atom. The number of hydrogen-bond acceptors (Lipinski definition) is 3. The van der Waals surface area contributed by atoms with E-state index in [4.69, 9.17) is 0 Å². The minimum absolute atomic E-state index is 0.0748. The van der Waals surface area contributed by atoms with Gasteiger partial charge in [0.05, 0.1) is 6.04 Å². The molecule has 0 unspecified atom stereocenters. The highest BCUT2D eigenvalue weighted by Crippen LogP contribution is 2.16. The Balaban J connectivity index is 1.63. The lowest BCUT2D eigenvalue weighted by atomic mass is 9.96. The zero-order chi connectivity index (χ0) is 12.1. The fraction of sp³-hybridized carbons (Fsp3) is 0.923. The summed E-state index contributed by atoms with van der Waals surface area (Å²) in [7, 11) is 0. The van der Waals surface area contributed by atoms with Crippen LogP contribution in [0.5, 0.6) is 0 Å². The van der Waals surface area contributed by atoms with Gasteiger partial charge in [0.25, 0.3) is 0 Å². The van der Waals surface area contributed by atoms with Gasteiger partial charge in [-0.2, -0.15) is 0 Å². The zero-order valence-electron chi connectivity index (χ0n) is 10.9. The lowest BCUT2D eigenvalue weighted by Gasteiger charge is -2.31. The van der Waals surface area contributed by atoms with Crippen molar-refractivity contribution in [2.24, 2.45) is 5.92 Å². The second-order valence-corrected chi connectivity index (χ2v) is 5.27. The molecule has 1 amide bonds. The highest BCUT2D eigenvalue weighted by Gasteiger charge is 2.23. The molecule has 17 heavy (non-hydrogen) atoms. The summed E-state index contributed by atoms with van der Waals surface area (Å²) in [5.74, 6) is 0.892. The number of carbonyl (C=O) groups excluding carboxylic acids is 1. The van der Waals surface area contributed by atoms with Gasteiger partial charge in [-0.3, -0.25) is 4.79 Å². The summed E-state index contributed by atoms with van der Waals surface area (Å²) in [6.45, 7) is 7.62. The summed E-state index contributed by atoms with van der Waals surface area (Å²) in [5, 5.41) is 6.35. The molecule has 2 rings (SSSR count). The highest BCUT2D eigenvalue weighted by atomic mass is 16.2. The van der Waals surface area contributed by atoms with E-state index in [1.54, 1.807) is 0 Å². The Morgan fingerprint density at radius 1 is 1.35 bits per heavy atom. The molecule has 2 fully saturated rings. The first kappa shape index (κ1) is 12.8. The van der Waals surface area contributed by atoms with Gasteiger partial charge in [-0.15, -0.1) is 0 Å². The zero-order valence-corrected chi connectivity index (χ0v) is 10.9. The maximum Gasteiger partial charge on any atom is 0.237 e. The Bertz CT molecular complexity index is 243. The van der Waals surface area contributed by atoms with E-state index in [1.807, 2.05) is 0 Å². The molecule has 0 aromatic carbocycles. The average molecular weight is 239 g/mol. The largest absolute Gasteiger partial charge is 0.354 e. The van der Waals surface area contributed by atoms with Crippen LogP contribution >= 0.6 is 0 Å². The van der Waals surface area contributed by atoms with Gasteiger partial charge in [0.15, 0.2) is 0 Å². The Morgan fingerprint density at radius 3 is 2.71 bits per heavy atom. The van der Waals surface area contributed by atoms with Crippen molar-refractivity contribution in [3.63, 3.8) is 0 Å². The van der Waals surface area contributed by atoms with Crippen LogP contribution in [0.2, 0.25) is 0 Å². The monoisotopic (exact) mass is 239 g/mol. The number of piperidine rings is 1. The van der Waals surface area contributed by atoms with E-state index in [0.29, 0.717) is 5.92 Å². The topological polar surface area (TPSA) is 44.4 Å². The maximum absolute atomic E-state index is 11.8. The van der Waals surface area contributed by atoms with Gasteiger partial charge in [0.2, 0.25) is 5.91 Å². The fourth-order valence-electron chi connectivity index (χ4n) is 2.78. The van der Waals surface area contributed by atoms with Crippen LogP contribution in [0.15, 0.2) is 0 Å². The second-order valence-electron chi connectivity index (χ2n) is 5.27. The van der Waals surface area contributed by atoms with E-state index in [1.165, 1.54) is 25.9 Å². The van der Waals surface area contributed by atoms with Crippen molar-refractivity contribution < 1.29 is 4.79 Å². The van der Waals surface area contributed by atoms with Crippen LogP contribution < -0.4 is 10.6 Å². The fourth-order valence-corrected chi connectivity index (χ4v) is 2.78. The maximum atomic E-state index is 11.8. The Hall–Kier alpha value is -0.610. The Kier molecular flexibility index (Phi) is 4.80. The molecule has 4 nitrogen and oxygen atoms in total. The number of nitrogens with zero attached hydrogens (tertiary/aromatic N) is 1. The summed E-state index contributed by atoms with van der Waals surface area (Å²) in [6, 6.07) is 0.0748. The van der Waals surface area contributed by atoms with Crippen molar-refractivity contribution in [1.82, 2.24) is 15.5 Å². The van der Waals surface area contributed by atoms with Crippen molar-refractivity contribution in [1.29, 1.82) is 0 Å². The van der Waals surface area contributed by atoms with E-state index in [-0.39, 0.29) is 11.9 Å². The summed E-state index contributed by atoms with van der Waals surface area (Å²) in [6.07, 6.45) is 4.59. The number of likely N-dealkylation sites (tertiary alicyclic amines) is 1. The van der Waals surface area contributed by atoms with E-state index in [0.717, 1.165) is 32.5 Å². The van der Waals surface area contributed by atoms with Crippen LogP contribution in [0.1, 0.15) is 32.6 Å². The second kappa shape index (κ2) is 6.36. The van der Waals surface area contributed by atoms with Crippen LogP contribution in [-0.4, -0.2) is 49.6 Å². The van der Waals surface area contributed by atoms with Gasteiger partial charge in [-0.25, -0.2) is 0 Å². The van der Waals surface area contributed by atoms with Gasteiger partial charge in [0, 0.05) is 6.54 Å². The van der Waals surface area contributed by atoms with Crippen LogP contribution in [0.25, 0.3) is 0 Å². The third-order valence-electron chi connectivity index (χ3n) is 4.10. The quantitative estimate of drug-likeness (QED) is 0.754. The van der Waals surface area contributed by atoms with Crippen LogP contribution in [0, 0.1) is 5.92 Å². The summed E-state index contributed by atoms with van der Waals surface area (Å²) in [4.78, 5) is 14.3. The van der Waals surface area contributed by atoms with Gasteiger partial charge < -0.3 is 15.5 Å². The molecule has 4 heteroatoms. The standard InChI is InChI=1S/C13H25N3O/c1-2-16-8-5-11(6-9-16)10-15-13(17)12-4-3-7-14-12/h11-12,14H,2-10H2,1H3,(H,15,17)/t12-/m1/s1. The summed E-state index contributed by atoms with van der Waals surface area (Å²) >= 11 is 0. The minimum atomic E-state index is 0.0748. The first-order valence-corrected chi connectivity index (χ1v) is 7.03. The molecule has 2 N–H and O–H groups in total. The predicted molar refractivity (Wildman–Crippen MR) is 68.9 cm³/mol. The predicted octanol–water partition coefficient (Wildman–Crippen LogP) is 0.587. The minimum Gasteiger partial charge on any atom is -0.354 e. The van der Waals surface area contributed by atoms with Crippen molar-refractivity contribution in [2.45, 2.75) is 38.6 Å². The molecule has 2 aliphatic heterocycles. The summed E-state index contributed by atoms with van der Waals surface area (Å²) < 4.78 is 0. The number of rotatable bonds is 4. The van der Waals surface area contributed by atoms with Crippen molar-refractivity contribution >= 4 is 5.91 Å². The first-order valence-electron chi connectivity index (χ1n) is 7.03. The van der Waals surface area contributed by atoms with Gasteiger partial charge in [0.1, 0.15) is 0 Å². The van der Waals surface area contributed by atoms with Crippen molar-refractivity contribution in [3.05, 3.63) is 0 Å². The molecule has 2 aliphatic rings. The molecule has 0 aromatic rings. The molecule has 0 saturated carbocycles. The molecule has 0 bridgehead atoms. The van der Waals surface area contributed by atoms with Crippen molar-refractivity contribution in [3.8, 4) is 0 Å². The number of hydrogen-bond donors (Lipinski definition) is 2. The summed E-state index contributed by atoms with van der Waals surface area (Å²) in [5.41, 5.74) is 0. The molecular formula is C13H25N3O. The van der Waals surface area contributed by atoms with E-state index in [9.17, 15) is 4.79 Å². The van der Waals surface area contributed by atoms with E-state index in [2.05, 4.69) is 22.5 Å². The molecule has 1 atom stereocenters. The normalized spacial score (nSPS) is 27.2. The molecule has 0 spiro atoms. The lowest BCUT2D eigenvalue weighted by Crippen LogP contribution is -2.44. The molecule has 0 radical (unpaired) electrons. The van der Waals surface area contributed by atoms with Gasteiger partial charge in [-0.05, 0) is 57.8 Å². The van der Waals surface area contributed by atoms with Gasteiger partial charge >= 0.3 is 0 Å². The number of carbonyl (C=O) groups is 1. The van der Waals surface area contributed by atoms with E-state index < -0.39 is 0 Å². The first-order chi connectivity index (χ1) is 8.29. The molecule has 0 aromatic heterocycles. The molecular weight excluding hydrogens is 214 g/mol. The smallest absolute Gasteiger partial charge is 0.237 e. The molecule has 2 heterocycles. The lowest BCUT2D eigenvalue weighted by molar-refractivity contribution is -0.123. The number of amides is 1. The van der Waals surface area contributed by atoms with Crippen molar-refractivity contribution in [2.75, 3.05) is 32.7 Å². The van der Waals surface area contributed by atoms with Crippen LogP contribution in [-0.2, 0) is 4.79 Å². The molecule has 2 saturated heterocycles. The molecule has 98 valence electrons. The average Bonchev–Trinajstić information content (AvgIpc) is 2.90. The Labute approximate surface area is 104 Å². The third kappa shape index (κ3) is 3.68. The molecule has 0 aliphatic carbocycles. The SMILES string of the molecule is CCN1CCC(CNC(=O)[C@H]2CCCN2)CC1. The number of nitrogens with one attached hydrogen (secondary N) is 2.